The van der Waals surface area contributed by atoms with Gasteiger partial charge >= 0.3 is 0 Å². The molecule has 0 aromatic rings. The predicted molar refractivity (Wildman–Crippen MR) is 58.6 cm³/mol. The van der Waals surface area contributed by atoms with Crippen molar-refractivity contribution in [3.63, 3.8) is 0 Å². The molecule has 0 aliphatic carbocycles. The summed E-state index contributed by atoms with van der Waals surface area (Å²) >= 11 is 0. The van der Waals surface area contributed by atoms with E-state index in [0.717, 1.165) is 0 Å². The largest absolute Gasteiger partial charge is 0.748 e. The minimum atomic E-state index is -4.29. The summed E-state index contributed by atoms with van der Waals surface area (Å²) in [5, 5.41) is 0. The van der Waals surface area contributed by atoms with Crippen molar-refractivity contribution in [1.82, 2.24) is 4.90 Å². The fourth-order valence-corrected chi connectivity index (χ4v) is 2.27. The van der Waals surface area contributed by atoms with Crippen LogP contribution >= 0.6 is 0 Å². The summed E-state index contributed by atoms with van der Waals surface area (Å²) in [6, 6.07) is 0. The van der Waals surface area contributed by atoms with Gasteiger partial charge in [-0.1, -0.05) is 0 Å². The molecule has 0 bridgehead atoms. The van der Waals surface area contributed by atoms with Crippen LogP contribution in [-0.2, 0) is 24.3 Å². The molecule has 0 spiro atoms. The molecule has 102 valence electrons. The van der Waals surface area contributed by atoms with E-state index in [1.165, 1.54) is 7.11 Å². The lowest BCUT2D eigenvalue weighted by Gasteiger charge is -2.30. The Labute approximate surface area is 101 Å². The van der Waals surface area contributed by atoms with Gasteiger partial charge < -0.3 is 18.8 Å². The van der Waals surface area contributed by atoms with Gasteiger partial charge in [0.05, 0.1) is 35.2 Å². The Morgan fingerprint density at radius 1 is 1.41 bits per heavy atom. The number of nitrogens with zero attached hydrogens (tertiary/aromatic N) is 1. The van der Waals surface area contributed by atoms with Crippen LogP contribution in [0.5, 0.6) is 0 Å². The number of morpholine rings is 1. The van der Waals surface area contributed by atoms with Gasteiger partial charge in [0.1, 0.15) is 6.79 Å². The van der Waals surface area contributed by atoms with Crippen LogP contribution in [0.25, 0.3) is 0 Å². The zero-order valence-corrected chi connectivity index (χ0v) is 10.6. The Kier molecular flexibility index (Phi) is 6.31. The first-order chi connectivity index (χ1) is 8.01. The van der Waals surface area contributed by atoms with Crippen LogP contribution in [-0.4, -0.2) is 76.5 Å². The van der Waals surface area contributed by atoms with E-state index in [2.05, 4.69) is 0 Å². The van der Waals surface area contributed by atoms with E-state index >= 15 is 0 Å². The monoisotopic (exact) mass is 268 g/mol. The third-order valence-corrected chi connectivity index (χ3v) is 3.16. The normalized spacial score (nSPS) is 20.4. The second kappa shape index (κ2) is 7.24. The van der Waals surface area contributed by atoms with Crippen molar-refractivity contribution in [1.29, 1.82) is 0 Å². The topological polar surface area (TPSA) is 88.1 Å². The van der Waals surface area contributed by atoms with Crippen LogP contribution in [0.15, 0.2) is 0 Å². The van der Waals surface area contributed by atoms with Gasteiger partial charge in [-0.2, -0.15) is 0 Å². The summed E-state index contributed by atoms with van der Waals surface area (Å²) in [5.41, 5.74) is 0. The van der Waals surface area contributed by atoms with Crippen LogP contribution < -0.4 is 0 Å². The van der Waals surface area contributed by atoms with Crippen molar-refractivity contribution < 1.29 is 27.2 Å². The number of rotatable bonds is 7. The molecule has 1 aliphatic heterocycles. The van der Waals surface area contributed by atoms with E-state index in [-0.39, 0.29) is 6.79 Å². The number of hydrogen-bond acceptors (Lipinski definition) is 7. The van der Waals surface area contributed by atoms with Gasteiger partial charge in [0.25, 0.3) is 0 Å². The molecule has 1 rings (SSSR count). The summed E-state index contributed by atoms with van der Waals surface area (Å²) in [4.78, 5) is 2.01. The Balaban J connectivity index is 2.43. The van der Waals surface area contributed by atoms with Gasteiger partial charge in [-0.3, -0.25) is 4.90 Å². The molecule has 0 N–H and O–H groups in total. The molecule has 17 heavy (non-hydrogen) atoms. The second-order valence-corrected chi connectivity index (χ2v) is 5.28. The van der Waals surface area contributed by atoms with Gasteiger partial charge in [-0.15, -0.1) is 0 Å². The van der Waals surface area contributed by atoms with Crippen molar-refractivity contribution in [2.45, 2.75) is 6.10 Å². The Morgan fingerprint density at radius 2 is 2.06 bits per heavy atom. The highest BCUT2D eigenvalue weighted by Crippen LogP contribution is 2.04. The highest BCUT2D eigenvalue weighted by Gasteiger charge is 2.19. The smallest absolute Gasteiger partial charge is 0.146 e. The number of ether oxygens (including phenoxy) is 3. The molecule has 8 heteroatoms. The summed E-state index contributed by atoms with van der Waals surface area (Å²) in [5.74, 6) is -0.534. The molecule has 0 aromatic carbocycles. The van der Waals surface area contributed by atoms with Gasteiger partial charge in [0, 0.05) is 26.7 Å². The first kappa shape index (κ1) is 14.8. The average molecular weight is 268 g/mol. The quantitative estimate of drug-likeness (QED) is 0.425. The lowest BCUT2D eigenvalue weighted by Crippen LogP contribution is -2.43. The fraction of sp³-hybridized carbons (Fsp3) is 1.00. The predicted octanol–water partition coefficient (Wildman–Crippen LogP) is -1.15. The minimum absolute atomic E-state index is 0.0233. The minimum Gasteiger partial charge on any atom is -0.748 e. The lowest BCUT2D eigenvalue weighted by molar-refractivity contribution is -0.0794. The van der Waals surface area contributed by atoms with E-state index in [0.29, 0.717) is 32.8 Å². The standard InChI is InChI=1S/C9H19NO6S/c1-14-8-16-9(7-17(11,12)13)6-10-2-4-15-5-3-10/h9H,2-8H2,1H3,(H,11,12,13)/p-1. The number of methoxy groups -OCH3 is 1. The molecule has 1 saturated heterocycles. The molecule has 1 fully saturated rings. The zero-order chi connectivity index (χ0) is 12.7. The molecule has 1 heterocycles. The zero-order valence-electron chi connectivity index (χ0n) is 9.83. The van der Waals surface area contributed by atoms with Crippen LogP contribution in [0, 0.1) is 0 Å². The van der Waals surface area contributed by atoms with E-state index in [9.17, 15) is 13.0 Å². The Bertz CT molecular complexity index is 301. The van der Waals surface area contributed by atoms with Crippen molar-refractivity contribution >= 4 is 10.1 Å². The summed E-state index contributed by atoms with van der Waals surface area (Å²) in [6.07, 6.45) is -0.657. The average Bonchev–Trinajstić information content (AvgIpc) is 2.25. The molecular formula is C9H18NO6S-. The van der Waals surface area contributed by atoms with Crippen LogP contribution in [0.4, 0.5) is 0 Å². The molecule has 0 aromatic heterocycles. The third kappa shape index (κ3) is 6.92. The Hall–Kier alpha value is -0.250. The van der Waals surface area contributed by atoms with E-state index in [1.54, 1.807) is 0 Å². The highest BCUT2D eigenvalue weighted by molar-refractivity contribution is 7.85. The summed E-state index contributed by atoms with van der Waals surface area (Å²) in [7, 11) is -2.85. The van der Waals surface area contributed by atoms with Crippen LogP contribution in [0.2, 0.25) is 0 Å². The van der Waals surface area contributed by atoms with Gasteiger partial charge in [-0.25, -0.2) is 8.42 Å². The van der Waals surface area contributed by atoms with Crippen molar-refractivity contribution in [2.24, 2.45) is 0 Å². The highest BCUT2D eigenvalue weighted by atomic mass is 32.2. The van der Waals surface area contributed by atoms with E-state index in [4.69, 9.17) is 14.2 Å². The van der Waals surface area contributed by atoms with Crippen LogP contribution in [0.3, 0.4) is 0 Å². The molecule has 0 amide bonds. The summed E-state index contributed by atoms with van der Waals surface area (Å²) < 4.78 is 47.3. The van der Waals surface area contributed by atoms with Crippen LogP contribution in [0.1, 0.15) is 0 Å². The maximum Gasteiger partial charge on any atom is 0.146 e. The van der Waals surface area contributed by atoms with Crippen molar-refractivity contribution in [2.75, 3.05) is 52.5 Å². The molecule has 1 atom stereocenters. The first-order valence-corrected chi connectivity index (χ1v) is 6.93. The molecule has 0 radical (unpaired) electrons. The Morgan fingerprint density at radius 3 is 2.59 bits per heavy atom. The molecule has 1 unspecified atom stereocenters. The summed E-state index contributed by atoms with van der Waals surface area (Å²) in [6.45, 7) is 3.03. The molecule has 0 saturated carbocycles. The third-order valence-electron chi connectivity index (χ3n) is 2.38. The van der Waals surface area contributed by atoms with Crippen molar-refractivity contribution in [3.05, 3.63) is 0 Å². The maximum absolute atomic E-state index is 10.7. The van der Waals surface area contributed by atoms with Gasteiger partial charge in [0.15, 0.2) is 0 Å². The molecule has 1 aliphatic rings. The molecule has 7 nitrogen and oxygen atoms in total. The fourth-order valence-electron chi connectivity index (χ4n) is 1.62. The van der Waals surface area contributed by atoms with E-state index in [1.807, 2.05) is 4.90 Å². The van der Waals surface area contributed by atoms with Gasteiger partial charge in [-0.05, 0) is 0 Å². The number of hydrogen-bond donors (Lipinski definition) is 0. The second-order valence-electron chi connectivity index (χ2n) is 3.83. The van der Waals surface area contributed by atoms with E-state index < -0.39 is 22.0 Å². The van der Waals surface area contributed by atoms with Gasteiger partial charge in [0.2, 0.25) is 0 Å². The van der Waals surface area contributed by atoms with Crippen molar-refractivity contribution in [3.8, 4) is 0 Å². The first-order valence-electron chi connectivity index (χ1n) is 5.35. The SMILES string of the molecule is COCOC(CN1CCOCC1)CS(=O)(=O)[O-]. The lowest BCUT2D eigenvalue weighted by atomic mass is 10.3. The maximum atomic E-state index is 10.7. The molecular weight excluding hydrogens is 250 g/mol.